The molecule has 1 unspecified atom stereocenters. The van der Waals surface area contributed by atoms with Gasteiger partial charge in [0.05, 0.1) is 24.3 Å². The Kier molecular flexibility index (Phi) is 8.92. The molecule has 0 amide bonds. The number of carbonyl (C=O) groups is 1. The van der Waals surface area contributed by atoms with Gasteiger partial charge in [-0.05, 0) is 40.6 Å². The molecule has 0 aliphatic carbocycles. The van der Waals surface area contributed by atoms with Gasteiger partial charge in [-0.1, -0.05) is 18.2 Å². The van der Waals surface area contributed by atoms with Crippen LogP contribution in [0.2, 0.25) is 0 Å². The summed E-state index contributed by atoms with van der Waals surface area (Å²) in [6.07, 6.45) is -10.4. The Morgan fingerprint density at radius 3 is 2.00 bits per heavy atom. The second-order valence-corrected chi connectivity index (χ2v) is 7.56. The monoisotopic (exact) mass is 482 g/mol. The van der Waals surface area contributed by atoms with Crippen molar-refractivity contribution in [3.05, 3.63) is 53.1 Å². The molecule has 0 aromatic heterocycles. The van der Waals surface area contributed by atoms with Gasteiger partial charge in [0.25, 0.3) is 0 Å². The molecule has 1 atom stereocenters. The Morgan fingerprint density at radius 1 is 0.875 bits per heavy atom. The number of rotatable bonds is 10. The average molecular weight is 482 g/mol. The van der Waals surface area contributed by atoms with Gasteiger partial charge >= 0.3 is 12.4 Å². The molecule has 0 saturated carbocycles. The van der Waals surface area contributed by atoms with Crippen LogP contribution < -0.4 is 14.8 Å². The van der Waals surface area contributed by atoms with Gasteiger partial charge in [0.15, 0.2) is 5.52 Å². The van der Waals surface area contributed by atoms with Gasteiger partial charge in [-0.3, -0.25) is 4.79 Å². The summed E-state index contributed by atoms with van der Waals surface area (Å²) in [5.74, 6) is -0.432. The van der Waals surface area contributed by atoms with E-state index in [1.54, 1.807) is 13.0 Å². The maximum atomic E-state index is 13.6. The van der Waals surface area contributed by atoms with Crippen LogP contribution in [0.3, 0.4) is 0 Å². The molecular weight excluding hydrogens is 461 g/mol. The Hall–Kier alpha value is -2.32. The molecule has 0 N–H and O–H groups in total. The quantitative estimate of drug-likeness (QED) is 0.248. The first-order chi connectivity index (χ1) is 15.0. The lowest BCUT2D eigenvalue weighted by Gasteiger charge is -2.20. The molecule has 0 spiro atoms. The van der Waals surface area contributed by atoms with E-state index in [1.165, 1.54) is 25.1 Å². The smallest absolute Gasteiger partial charge is 0.417 e. The minimum absolute atomic E-state index is 0.105. The first-order valence-corrected chi connectivity index (χ1v) is 10.5. The standard InChI is InChI=1S/C21H21F6O4P/c1-3-29-9-10-31-16-7-5-6-8-17(16)32-19(28)18-14(20(22,23)24)11-13(30-4-2)12-15(18)21(25,26)27/h5-8,11-12,32H,3-4,9-10H2,1-2H3. The highest BCUT2D eigenvalue weighted by Crippen LogP contribution is 2.44. The van der Waals surface area contributed by atoms with E-state index in [9.17, 15) is 31.1 Å². The predicted molar refractivity (Wildman–Crippen MR) is 108 cm³/mol. The first kappa shape index (κ1) is 25.9. The zero-order chi connectivity index (χ0) is 23.9. The van der Waals surface area contributed by atoms with E-state index >= 15 is 0 Å². The lowest BCUT2D eigenvalue weighted by molar-refractivity contribution is -0.143. The highest BCUT2D eigenvalue weighted by atomic mass is 31.1. The molecule has 2 rings (SSSR count). The fourth-order valence-corrected chi connectivity index (χ4v) is 3.89. The number of ether oxygens (including phenoxy) is 3. The molecule has 2 aromatic carbocycles. The molecule has 0 bridgehead atoms. The third kappa shape index (κ3) is 6.84. The summed E-state index contributed by atoms with van der Waals surface area (Å²) in [7, 11) is -1.03. The average Bonchev–Trinajstić information content (AvgIpc) is 2.70. The second-order valence-electron chi connectivity index (χ2n) is 6.32. The molecular formula is C21H21F6O4P. The Labute approximate surface area is 182 Å². The van der Waals surface area contributed by atoms with Crippen LogP contribution in [-0.2, 0) is 17.1 Å². The Morgan fingerprint density at radius 2 is 1.47 bits per heavy atom. The van der Waals surface area contributed by atoms with Gasteiger partial charge in [-0.25, -0.2) is 0 Å². The summed E-state index contributed by atoms with van der Waals surface area (Å²) in [5, 5.41) is 0.184. The molecule has 0 radical (unpaired) electrons. The molecule has 0 heterocycles. The summed E-state index contributed by atoms with van der Waals surface area (Å²) in [6.45, 7) is 3.84. The lowest BCUT2D eigenvalue weighted by atomic mass is 10.00. The number of carbonyl (C=O) groups excluding carboxylic acids is 1. The normalized spacial score (nSPS) is 12.4. The largest absolute Gasteiger partial charge is 0.494 e. The van der Waals surface area contributed by atoms with E-state index in [0.717, 1.165) is 0 Å². The van der Waals surface area contributed by atoms with Gasteiger partial charge in [-0.15, -0.1) is 0 Å². The van der Waals surface area contributed by atoms with Crippen LogP contribution in [0.5, 0.6) is 11.5 Å². The molecule has 4 nitrogen and oxygen atoms in total. The molecule has 0 fully saturated rings. The molecule has 2 aromatic rings. The van der Waals surface area contributed by atoms with E-state index in [1.807, 2.05) is 0 Å². The zero-order valence-corrected chi connectivity index (χ0v) is 18.2. The van der Waals surface area contributed by atoms with Gasteiger partial charge < -0.3 is 14.2 Å². The van der Waals surface area contributed by atoms with Crippen molar-refractivity contribution in [2.75, 3.05) is 26.4 Å². The lowest BCUT2D eigenvalue weighted by Crippen LogP contribution is -2.20. The number of hydrogen-bond acceptors (Lipinski definition) is 4. The van der Waals surface area contributed by atoms with Gasteiger partial charge in [-0.2, -0.15) is 26.3 Å². The molecule has 0 aliphatic rings. The highest BCUT2D eigenvalue weighted by Gasteiger charge is 2.43. The fraction of sp³-hybridized carbons (Fsp3) is 0.381. The van der Waals surface area contributed by atoms with Crippen molar-refractivity contribution >= 4 is 19.4 Å². The van der Waals surface area contributed by atoms with Crippen molar-refractivity contribution in [2.45, 2.75) is 26.2 Å². The summed E-state index contributed by atoms with van der Waals surface area (Å²) in [6, 6.07) is 6.82. The third-order valence-corrected chi connectivity index (χ3v) is 5.24. The summed E-state index contributed by atoms with van der Waals surface area (Å²) in [5.41, 5.74) is -6.13. The van der Waals surface area contributed by atoms with E-state index in [2.05, 4.69) is 0 Å². The zero-order valence-electron chi connectivity index (χ0n) is 17.2. The van der Waals surface area contributed by atoms with E-state index in [4.69, 9.17) is 14.2 Å². The van der Waals surface area contributed by atoms with Crippen molar-refractivity contribution in [2.24, 2.45) is 0 Å². The van der Waals surface area contributed by atoms with Crippen molar-refractivity contribution in [3.63, 3.8) is 0 Å². The van der Waals surface area contributed by atoms with Crippen molar-refractivity contribution in [1.29, 1.82) is 0 Å². The van der Waals surface area contributed by atoms with Crippen LogP contribution in [0.15, 0.2) is 36.4 Å². The molecule has 176 valence electrons. The Bertz CT molecular complexity index is 892. The van der Waals surface area contributed by atoms with E-state index in [0.29, 0.717) is 18.7 Å². The number of alkyl halides is 6. The minimum atomic E-state index is -5.20. The van der Waals surface area contributed by atoms with Crippen LogP contribution in [0.1, 0.15) is 35.3 Å². The summed E-state index contributed by atoms with van der Waals surface area (Å²) < 4.78 is 97.4. The van der Waals surface area contributed by atoms with Gasteiger partial charge in [0.2, 0.25) is 0 Å². The fourth-order valence-electron chi connectivity index (χ4n) is 2.79. The summed E-state index contributed by atoms with van der Waals surface area (Å²) >= 11 is 0. The van der Waals surface area contributed by atoms with Crippen LogP contribution in [0, 0.1) is 0 Å². The SMILES string of the molecule is CCOCCOc1ccccc1PC(=O)c1c(C(F)(F)F)cc(OCC)cc1C(F)(F)F. The number of benzene rings is 2. The van der Waals surface area contributed by atoms with Crippen LogP contribution >= 0.6 is 8.58 Å². The molecule has 32 heavy (non-hydrogen) atoms. The molecule has 0 saturated heterocycles. The summed E-state index contributed by atoms with van der Waals surface area (Å²) in [4.78, 5) is 12.8. The maximum absolute atomic E-state index is 13.6. The predicted octanol–water partition coefficient (Wildman–Crippen LogP) is 5.68. The maximum Gasteiger partial charge on any atom is 0.417 e. The van der Waals surface area contributed by atoms with Gasteiger partial charge in [0, 0.05) is 17.5 Å². The Balaban J connectivity index is 2.50. The van der Waals surface area contributed by atoms with Crippen LogP contribution in [0.4, 0.5) is 26.3 Å². The van der Waals surface area contributed by atoms with Gasteiger partial charge in [0.1, 0.15) is 18.1 Å². The number of halogens is 6. The van der Waals surface area contributed by atoms with Crippen molar-refractivity contribution < 1.29 is 45.3 Å². The van der Waals surface area contributed by atoms with Crippen LogP contribution in [0.25, 0.3) is 0 Å². The van der Waals surface area contributed by atoms with E-state index in [-0.39, 0.29) is 30.9 Å². The number of hydrogen-bond donors (Lipinski definition) is 0. The van der Waals surface area contributed by atoms with Crippen LogP contribution in [-0.4, -0.2) is 32.0 Å². The molecule has 11 heteroatoms. The van der Waals surface area contributed by atoms with E-state index < -0.39 is 48.9 Å². The number of para-hydroxylation sites is 1. The van der Waals surface area contributed by atoms with Crippen molar-refractivity contribution in [3.8, 4) is 11.5 Å². The third-order valence-electron chi connectivity index (χ3n) is 4.09. The topological polar surface area (TPSA) is 44.8 Å². The minimum Gasteiger partial charge on any atom is -0.494 e. The highest BCUT2D eigenvalue weighted by molar-refractivity contribution is 7.66. The molecule has 0 aliphatic heterocycles. The first-order valence-electron chi connectivity index (χ1n) is 9.55. The van der Waals surface area contributed by atoms with Crippen molar-refractivity contribution in [1.82, 2.24) is 0 Å². The second kappa shape index (κ2) is 11.0.